The molecular formula is C15H21N3O4. The molecule has 1 spiro atoms. The Morgan fingerprint density at radius 3 is 2.86 bits per heavy atom. The molecule has 2 aliphatic heterocycles. The number of alkyl carbamates (subject to hydrolysis) is 1. The van der Waals surface area contributed by atoms with E-state index in [9.17, 15) is 9.59 Å². The maximum absolute atomic E-state index is 12.6. The maximum Gasteiger partial charge on any atom is 0.407 e. The van der Waals surface area contributed by atoms with Crippen molar-refractivity contribution in [1.29, 1.82) is 0 Å². The first kappa shape index (κ1) is 14.9. The molecule has 22 heavy (non-hydrogen) atoms. The number of ether oxygens (including phenoxy) is 1. The van der Waals surface area contributed by atoms with Crippen LogP contribution < -0.4 is 5.32 Å². The molecule has 2 saturated heterocycles. The normalized spacial score (nSPS) is 25.0. The predicted molar refractivity (Wildman–Crippen MR) is 77.6 cm³/mol. The molecule has 7 nitrogen and oxygen atoms in total. The van der Waals surface area contributed by atoms with E-state index in [1.807, 2.05) is 6.92 Å². The van der Waals surface area contributed by atoms with Gasteiger partial charge in [-0.15, -0.1) is 0 Å². The van der Waals surface area contributed by atoms with Gasteiger partial charge >= 0.3 is 6.09 Å². The summed E-state index contributed by atoms with van der Waals surface area (Å²) in [6, 6.07) is 0. The first-order chi connectivity index (χ1) is 10.5. The summed E-state index contributed by atoms with van der Waals surface area (Å²) in [4.78, 5) is 30.0. The number of carbonyl (C=O) groups is 2. The Hall–Kier alpha value is -2.05. The van der Waals surface area contributed by atoms with Crippen molar-refractivity contribution < 1.29 is 18.7 Å². The molecule has 3 heterocycles. The molecule has 0 aromatic carbocycles. The molecule has 7 heteroatoms. The van der Waals surface area contributed by atoms with Gasteiger partial charge in [0.05, 0.1) is 12.2 Å². The van der Waals surface area contributed by atoms with Crippen LogP contribution in [0.1, 0.15) is 48.3 Å². The first-order valence-corrected chi connectivity index (χ1v) is 7.75. The Bertz CT molecular complexity index is 598. The van der Waals surface area contributed by atoms with Crippen LogP contribution in [-0.2, 0) is 11.2 Å². The maximum atomic E-state index is 12.6. The van der Waals surface area contributed by atoms with Crippen molar-refractivity contribution in [2.45, 2.75) is 45.1 Å². The van der Waals surface area contributed by atoms with Crippen molar-refractivity contribution in [3.05, 3.63) is 17.3 Å². The molecule has 2 aliphatic rings. The molecule has 1 aromatic rings. The summed E-state index contributed by atoms with van der Waals surface area (Å²) in [6.45, 7) is 5.44. The van der Waals surface area contributed by atoms with E-state index >= 15 is 0 Å². The highest BCUT2D eigenvalue weighted by atomic mass is 16.6. The van der Waals surface area contributed by atoms with Gasteiger partial charge < -0.3 is 19.4 Å². The van der Waals surface area contributed by atoms with Crippen LogP contribution in [0, 0.1) is 6.92 Å². The molecule has 120 valence electrons. The highest BCUT2D eigenvalue weighted by Crippen LogP contribution is 2.30. The fourth-order valence-electron chi connectivity index (χ4n) is 3.10. The number of nitrogens with zero attached hydrogens (tertiary/aromatic N) is 2. The number of amides is 2. The molecule has 0 radical (unpaired) electrons. The van der Waals surface area contributed by atoms with Gasteiger partial charge in [0.1, 0.15) is 5.60 Å². The van der Waals surface area contributed by atoms with Crippen molar-refractivity contribution in [2.24, 2.45) is 0 Å². The second-order valence-electron chi connectivity index (χ2n) is 5.95. The Kier molecular flexibility index (Phi) is 3.80. The van der Waals surface area contributed by atoms with E-state index in [-0.39, 0.29) is 12.0 Å². The van der Waals surface area contributed by atoms with Crippen LogP contribution in [-0.4, -0.2) is 47.1 Å². The van der Waals surface area contributed by atoms with E-state index in [0.29, 0.717) is 49.8 Å². The van der Waals surface area contributed by atoms with Crippen LogP contribution >= 0.6 is 0 Å². The number of hydrogen-bond acceptors (Lipinski definition) is 5. The average Bonchev–Trinajstić information content (AvgIpc) is 2.97. The SMILES string of the molecule is CCc1nc(C)c(C(=O)N2CCCC3(CC2)CNC(=O)O3)o1. The Labute approximate surface area is 129 Å². The van der Waals surface area contributed by atoms with Crippen molar-refractivity contribution in [1.82, 2.24) is 15.2 Å². The van der Waals surface area contributed by atoms with Crippen molar-refractivity contribution in [3.8, 4) is 0 Å². The van der Waals surface area contributed by atoms with Gasteiger partial charge in [-0.2, -0.15) is 0 Å². The summed E-state index contributed by atoms with van der Waals surface area (Å²) in [5.74, 6) is 0.787. The fraction of sp³-hybridized carbons (Fsp3) is 0.667. The van der Waals surface area contributed by atoms with E-state index in [1.165, 1.54) is 0 Å². The zero-order chi connectivity index (χ0) is 15.7. The summed E-state index contributed by atoms with van der Waals surface area (Å²) in [5, 5.41) is 2.71. The first-order valence-electron chi connectivity index (χ1n) is 7.75. The van der Waals surface area contributed by atoms with Crippen LogP contribution in [0.4, 0.5) is 4.79 Å². The monoisotopic (exact) mass is 307 g/mol. The predicted octanol–water partition coefficient (Wildman–Crippen LogP) is 1.65. The topological polar surface area (TPSA) is 84.7 Å². The summed E-state index contributed by atoms with van der Waals surface area (Å²) in [6.07, 6.45) is 2.52. The second-order valence-corrected chi connectivity index (χ2v) is 5.95. The third kappa shape index (κ3) is 2.67. The number of rotatable bonds is 2. The third-order valence-electron chi connectivity index (χ3n) is 4.39. The molecule has 0 aliphatic carbocycles. The average molecular weight is 307 g/mol. The van der Waals surface area contributed by atoms with Crippen LogP contribution in [0.15, 0.2) is 4.42 Å². The van der Waals surface area contributed by atoms with Gasteiger partial charge in [-0.05, 0) is 19.8 Å². The van der Waals surface area contributed by atoms with Gasteiger partial charge in [-0.1, -0.05) is 6.92 Å². The van der Waals surface area contributed by atoms with Gasteiger partial charge in [0, 0.05) is 25.9 Å². The molecule has 0 bridgehead atoms. The van der Waals surface area contributed by atoms with E-state index in [0.717, 1.165) is 12.8 Å². The standard InChI is InChI=1S/C15H21N3O4/c1-3-11-17-10(2)12(21-11)13(19)18-7-4-5-15(6-8-18)9-16-14(20)22-15/h3-9H2,1-2H3,(H,16,20). The Balaban J connectivity index is 1.71. The molecule has 1 aromatic heterocycles. The van der Waals surface area contributed by atoms with Crippen molar-refractivity contribution in [3.63, 3.8) is 0 Å². The van der Waals surface area contributed by atoms with Crippen LogP contribution in [0.2, 0.25) is 0 Å². The lowest BCUT2D eigenvalue weighted by atomic mass is 9.95. The smallest absolute Gasteiger partial charge is 0.407 e. The molecule has 1 unspecified atom stereocenters. The summed E-state index contributed by atoms with van der Waals surface area (Å²) >= 11 is 0. The second kappa shape index (κ2) is 5.62. The molecule has 1 N–H and O–H groups in total. The van der Waals surface area contributed by atoms with Gasteiger partial charge in [-0.3, -0.25) is 4.79 Å². The number of likely N-dealkylation sites (tertiary alicyclic amines) is 1. The van der Waals surface area contributed by atoms with E-state index in [2.05, 4.69) is 10.3 Å². The minimum absolute atomic E-state index is 0.126. The minimum Gasteiger partial charge on any atom is -0.441 e. The largest absolute Gasteiger partial charge is 0.441 e. The molecular weight excluding hydrogens is 286 g/mol. The zero-order valence-electron chi connectivity index (χ0n) is 13.0. The van der Waals surface area contributed by atoms with E-state index in [4.69, 9.17) is 9.15 Å². The molecule has 3 rings (SSSR count). The highest BCUT2D eigenvalue weighted by Gasteiger charge is 2.42. The van der Waals surface area contributed by atoms with E-state index < -0.39 is 5.60 Å². The Morgan fingerprint density at radius 1 is 1.41 bits per heavy atom. The molecule has 2 amide bonds. The number of oxazole rings is 1. The molecule has 2 fully saturated rings. The number of hydrogen-bond donors (Lipinski definition) is 1. The lowest BCUT2D eigenvalue weighted by molar-refractivity contribution is 0.0435. The quantitative estimate of drug-likeness (QED) is 0.898. The van der Waals surface area contributed by atoms with Crippen molar-refractivity contribution in [2.75, 3.05) is 19.6 Å². The minimum atomic E-state index is -0.461. The third-order valence-corrected chi connectivity index (χ3v) is 4.39. The molecule has 0 saturated carbocycles. The van der Waals surface area contributed by atoms with Crippen LogP contribution in [0.5, 0.6) is 0 Å². The summed E-state index contributed by atoms with van der Waals surface area (Å²) in [7, 11) is 0. The highest BCUT2D eigenvalue weighted by molar-refractivity contribution is 5.92. The molecule has 1 atom stereocenters. The summed E-state index contributed by atoms with van der Waals surface area (Å²) < 4.78 is 11.0. The van der Waals surface area contributed by atoms with Crippen LogP contribution in [0.3, 0.4) is 0 Å². The van der Waals surface area contributed by atoms with Gasteiger partial charge in [-0.25, -0.2) is 9.78 Å². The number of aromatic nitrogens is 1. The van der Waals surface area contributed by atoms with Gasteiger partial charge in [0.15, 0.2) is 5.89 Å². The fourth-order valence-corrected chi connectivity index (χ4v) is 3.10. The van der Waals surface area contributed by atoms with Gasteiger partial charge in [0.2, 0.25) is 5.76 Å². The lowest BCUT2D eigenvalue weighted by Crippen LogP contribution is -2.36. The number of nitrogens with one attached hydrogen (secondary N) is 1. The van der Waals surface area contributed by atoms with Gasteiger partial charge in [0.25, 0.3) is 5.91 Å². The zero-order valence-corrected chi connectivity index (χ0v) is 13.0. The Morgan fingerprint density at radius 2 is 2.23 bits per heavy atom. The van der Waals surface area contributed by atoms with Crippen molar-refractivity contribution >= 4 is 12.0 Å². The lowest BCUT2D eigenvalue weighted by Gasteiger charge is -2.24. The summed E-state index contributed by atoms with van der Waals surface area (Å²) in [5.41, 5.74) is 0.173. The van der Waals surface area contributed by atoms with Crippen LogP contribution in [0.25, 0.3) is 0 Å². The number of aryl methyl sites for hydroxylation is 2. The number of carbonyl (C=O) groups excluding carboxylic acids is 2. The van der Waals surface area contributed by atoms with E-state index in [1.54, 1.807) is 11.8 Å².